The minimum absolute atomic E-state index is 0.0951. The van der Waals surface area contributed by atoms with Gasteiger partial charge in [-0.3, -0.25) is 0 Å². The molecule has 0 N–H and O–H groups in total. The Bertz CT molecular complexity index is 717. The summed E-state index contributed by atoms with van der Waals surface area (Å²) >= 11 is 0. The van der Waals surface area contributed by atoms with Crippen LogP contribution in [0.25, 0.3) is 0 Å². The molecule has 3 nitrogen and oxygen atoms in total. The van der Waals surface area contributed by atoms with Gasteiger partial charge in [-0.05, 0) is 64.7 Å². The maximum atomic E-state index is 12.2. The fourth-order valence-corrected chi connectivity index (χ4v) is 3.69. The predicted molar refractivity (Wildman–Crippen MR) is 109 cm³/mol. The van der Waals surface area contributed by atoms with E-state index in [-0.39, 0.29) is 18.1 Å². The summed E-state index contributed by atoms with van der Waals surface area (Å²) in [7, 11) is 0. The van der Waals surface area contributed by atoms with Gasteiger partial charge in [-0.2, -0.15) is 0 Å². The van der Waals surface area contributed by atoms with Crippen LogP contribution in [0, 0.1) is 13.8 Å². The molecule has 2 atom stereocenters. The van der Waals surface area contributed by atoms with Crippen molar-refractivity contribution in [2.75, 3.05) is 4.90 Å². The van der Waals surface area contributed by atoms with E-state index in [0.717, 1.165) is 37.1 Å². The van der Waals surface area contributed by atoms with Gasteiger partial charge >= 0.3 is 5.97 Å². The van der Waals surface area contributed by atoms with E-state index in [2.05, 4.69) is 56.2 Å². The Labute approximate surface area is 158 Å². The van der Waals surface area contributed by atoms with E-state index in [4.69, 9.17) is 4.74 Å². The second-order valence-corrected chi connectivity index (χ2v) is 7.15. The lowest BCUT2D eigenvalue weighted by Gasteiger charge is -2.42. The molecular weight excluding hydrogens is 322 g/mol. The van der Waals surface area contributed by atoms with Crippen LogP contribution in [0.3, 0.4) is 0 Å². The molecule has 1 aromatic carbocycles. The van der Waals surface area contributed by atoms with Crippen molar-refractivity contribution in [1.29, 1.82) is 0 Å². The summed E-state index contributed by atoms with van der Waals surface area (Å²) < 4.78 is 5.83. The molecule has 2 rings (SSSR count). The molecule has 0 saturated heterocycles. The first-order valence-corrected chi connectivity index (χ1v) is 9.40. The minimum atomic E-state index is -0.303. The summed E-state index contributed by atoms with van der Waals surface area (Å²) in [6.07, 6.45) is 7.85. The van der Waals surface area contributed by atoms with Gasteiger partial charge in [-0.15, -0.1) is 0 Å². The number of aryl methyl sites for hydroxylation is 2. The first kappa shape index (κ1) is 20.0. The highest BCUT2D eigenvalue weighted by Crippen LogP contribution is 2.35. The average molecular weight is 354 g/mol. The van der Waals surface area contributed by atoms with Crippen LogP contribution in [0.2, 0.25) is 0 Å². The normalized spacial score (nSPS) is 20.4. The number of hydrogen-bond donors (Lipinski definition) is 0. The number of nitrogens with zero attached hydrogens (tertiary/aromatic N) is 1. The maximum absolute atomic E-state index is 12.2. The van der Waals surface area contributed by atoms with Gasteiger partial charge in [0.1, 0.15) is 6.10 Å². The van der Waals surface area contributed by atoms with Gasteiger partial charge < -0.3 is 9.64 Å². The lowest BCUT2D eigenvalue weighted by molar-refractivity contribution is -0.146. The van der Waals surface area contributed by atoms with Crippen molar-refractivity contribution in [3.8, 4) is 0 Å². The van der Waals surface area contributed by atoms with E-state index >= 15 is 0 Å². The molecule has 3 heteroatoms. The number of ether oxygens (including phenoxy) is 1. The highest BCUT2D eigenvalue weighted by molar-refractivity contribution is 5.87. The highest BCUT2D eigenvalue weighted by Gasteiger charge is 2.34. The predicted octanol–water partition coefficient (Wildman–Crippen LogP) is 5.63. The summed E-state index contributed by atoms with van der Waals surface area (Å²) in [6.45, 7) is 15.7. The fourth-order valence-electron chi connectivity index (χ4n) is 3.69. The molecule has 0 aliphatic heterocycles. The fraction of sp³-hybridized carbons (Fsp3) is 0.435. The largest absolute Gasteiger partial charge is 0.457 e. The van der Waals surface area contributed by atoms with E-state index in [1.165, 1.54) is 11.1 Å². The Morgan fingerprint density at radius 2 is 1.96 bits per heavy atom. The van der Waals surface area contributed by atoms with Gasteiger partial charge in [0.15, 0.2) is 0 Å². The molecule has 1 aliphatic carbocycles. The van der Waals surface area contributed by atoms with E-state index in [0.29, 0.717) is 5.57 Å². The smallest absolute Gasteiger partial charge is 0.333 e. The van der Waals surface area contributed by atoms with Crippen LogP contribution >= 0.6 is 0 Å². The van der Waals surface area contributed by atoms with Crippen molar-refractivity contribution < 1.29 is 9.53 Å². The summed E-state index contributed by atoms with van der Waals surface area (Å²) in [5, 5.41) is 0. The first-order valence-electron chi connectivity index (χ1n) is 9.40. The molecule has 26 heavy (non-hydrogen) atoms. The van der Waals surface area contributed by atoms with Crippen LogP contribution < -0.4 is 4.90 Å². The van der Waals surface area contributed by atoms with Crippen molar-refractivity contribution in [1.82, 2.24) is 0 Å². The molecular formula is C23H31NO2. The average Bonchev–Trinajstić information content (AvgIpc) is 2.61. The van der Waals surface area contributed by atoms with Crippen LogP contribution in [0.4, 0.5) is 5.69 Å². The van der Waals surface area contributed by atoms with Crippen LogP contribution in [0.15, 0.2) is 54.8 Å². The lowest BCUT2D eigenvalue weighted by Crippen LogP contribution is -2.47. The molecule has 140 valence electrons. The number of hydrogen-bond acceptors (Lipinski definition) is 3. The third kappa shape index (κ3) is 4.46. The monoisotopic (exact) mass is 353 g/mol. The number of rotatable bonds is 6. The number of esters is 1. The Balaban J connectivity index is 2.46. The highest BCUT2D eigenvalue weighted by atomic mass is 16.5. The van der Waals surface area contributed by atoms with Crippen LogP contribution in [-0.2, 0) is 9.53 Å². The van der Waals surface area contributed by atoms with Crippen LogP contribution in [0.5, 0.6) is 0 Å². The number of carbonyl (C=O) groups excluding carboxylic acids is 1. The maximum Gasteiger partial charge on any atom is 0.333 e. The van der Waals surface area contributed by atoms with Gasteiger partial charge in [0, 0.05) is 17.0 Å². The summed E-state index contributed by atoms with van der Waals surface area (Å²) in [4.78, 5) is 14.5. The van der Waals surface area contributed by atoms with E-state index in [1.807, 2.05) is 13.0 Å². The number of allylic oxidation sites excluding steroid dienone is 2. The molecule has 0 spiro atoms. The van der Waals surface area contributed by atoms with Crippen LogP contribution in [0.1, 0.15) is 50.7 Å². The number of carbonyl (C=O) groups is 1. The molecule has 1 saturated carbocycles. The van der Waals surface area contributed by atoms with Gasteiger partial charge in [-0.25, -0.2) is 4.79 Å². The van der Waals surface area contributed by atoms with Gasteiger partial charge in [0.05, 0.1) is 6.04 Å². The minimum Gasteiger partial charge on any atom is -0.457 e. The summed E-state index contributed by atoms with van der Waals surface area (Å²) in [6, 6.07) is 6.57. The molecule has 1 fully saturated rings. The zero-order chi connectivity index (χ0) is 19.3. The van der Waals surface area contributed by atoms with Crippen molar-refractivity contribution >= 4 is 11.7 Å². The summed E-state index contributed by atoms with van der Waals surface area (Å²) in [5.41, 5.74) is 5.08. The molecule has 0 bridgehead atoms. The zero-order valence-corrected chi connectivity index (χ0v) is 16.5. The van der Waals surface area contributed by atoms with Crippen molar-refractivity contribution in [3.63, 3.8) is 0 Å². The standard InChI is InChI=1S/C23H31NO2/c1-7-19(8-2)24(20-14-13-17(5)15-18(20)6)21-11-9-10-12-22(21)26-23(25)16(3)4/h7-8,13-15,21-22H,1,3,9-12H2,2,4-6H3/b19-8+. The Morgan fingerprint density at radius 3 is 2.54 bits per heavy atom. The zero-order valence-electron chi connectivity index (χ0n) is 16.5. The van der Waals surface area contributed by atoms with Gasteiger partial charge in [-0.1, -0.05) is 43.4 Å². The Kier molecular flexibility index (Phi) is 6.84. The van der Waals surface area contributed by atoms with Crippen molar-refractivity contribution in [2.45, 2.75) is 65.5 Å². The molecule has 0 heterocycles. The second kappa shape index (κ2) is 8.88. The van der Waals surface area contributed by atoms with Gasteiger partial charge in [0.2, 0.25) is 0 Å². The topological polar surface area (TPSA) is 29.5 Å². The molecule has 2 unspecified atom stereocenters. The van der Waals surface area contributed by atoms with Crippen molar-refractivity contribution in [2.24, 2.45) is 0 Å². The number of benzene rings is 1. The quantitative estimate of drug-likeness (QED) is 0.377. The molecule has 0 radical (unpaired) electrons. The van der Waals surface area contributed by atoms with E-state index in [9.17, 15) is 4.79 Å². The van der Waals surface area contributed by atoms with Crippen molar-refractivity contribution in [3.05, 3.63) is 65.9 Å². The third-order valence-electron chi connectivity index (χ3n) is 5.00. The molecule has 1 aliphatic rings. The van der Waals surface area contributed by atoms with Crippen LogP contribution in [-0.4, -0.2) is 18.1 Å². The molecule has 0 aromatic heterocycles. The first-order chi connectivity index (χ1) is 12.4. The summed E-state index contributed by atoms with van der Waals surface area (Å²) in [5.74, 6) is -0.303. The van der Waals surface area contributed by atoms with E-state index in [1.54, 1.807) is 6.92 Å². The lowest BCUT2D eigenvalue weighted by atomic mass is 9.89. The number of anilines is 1. The molecule has 1 aromatic rings. The Hall–Kier alpha value is -2.29. The van der Waals surface area contributed by atoms with E-state index < -0.39 is 0 Å². The second-order valence-electron chi connectivity index (χ2n) is 7.15. The van der Waals surface area contributed by atoms with Gasteiger partial charge in [0.25, 0.3) is 0 Å². The Morgan fingerprint density at radius 1 is 1.27 bits per heavy atom. The molecule has 0 amide bonds. The third-order valence-corrected chi connectivity index (χ3v) is 5.00. The SMILES string of the molecule is C=C/C(=C\C)N(c1ccc(C)cc1C)C1CCCCC1OC(=O)C(=C)C.